The zero-order chi connectivity index (χ0) is 15.2. The van der Waals surface area contributed by atoms with Crippen LogP contribution in [-0.4, -0.2) is 12.5 Å². The Morgan fingerprint density at radius 1 is 1.24 bits per heavy atom. The van der Waals surface area contributed by atoms with Gasteiger partial charge in [0.15, 0.2) is 0 Å². The number of carbonyl (C=O) groups is 1. The van der Waals surface area contributed by atoms with E-state index < -0.39 is 0 Å². The zero-order valence-electron chi connectivity index (χ0n) is 11.6. The first kappa shape index (κ1) is 15.9. The smallest absolute Gasteiger partial charge is 0.257 e. The first-order valence-corrected chi connectivity index (χ1v) is 7.88. The highest BCUT2D eigenvalue weighted by Crippen LogP contribution is 2.26. The van der Waals surface area contributed by atoms with E-state index in [4.69, 9.17) is 11.6 Å². The van der Waals surface area contributed by atoms with Crippen LogP contribution in [0.5, 0.6) is 0 Å². The second kappa shape index (κ2) is 7.48. The summed E-state index contributed by atoms with van der Waals surface area (Å²) >= 11 is 9.36. The van der Waals surface area contributed by atoms with Gasteiger partial charge in [-0.1, -0.05) is 30.7 Å². The van der Waals surface area contributed by atoms with Gasteiger partial charge in [0.1, 0.15) is 0 Å². The van der Waals surface area contributed by atoms with E-state index >= 15 is 0 Å². The van der Waals surface area contributed by atoms with Crippen molar-refractivity contribution in [2.24, 2.45) is 0 Å². The summed E-state index contributed by atoms with van der Waals surface area (Å²) in [7, 11) is 0. The summed E-state index contributed by atoms with van der Waals surface area (Å²) in [6, 6.07) is 12.8. The third-order valence-corrected chi connectivity index (χ3v) is 4.15. The van der Waals surface area contributed by atoms with Gasteiger partial charge in [-0.05, 0) is 52.7 Å². The molecule has 21 heavy (non-hydrogen) atoms. The number of amides is 1. The summed E-state index contributed by atoms with van der Waals surface area (Å²) in [5.41, 5.74) is 2.11. The Hall–Kier alpha value is -1.52. The van der Waals surface area contributed by atoms with Gasteiger partial charge < -0.3 is 10.6 Å². The first-order chi connectivity index (χ1) is 10.1. The molecule has 0 saturated carbocycles. The second-order valence-electron chi connectivity index (χ2n) is 4.56. The van der Waals surface area contributed by atoms with Crippen LogP contribution in [0, 0.1) is 0 Å². The van der Waals surface area contributed by atoms with Crippen LogP contribution >= 0.6 is 27.5 Å². The number of rotatable bonds is 5. The lowest BCUT2D eigenvalue weighted by Gasteiger charge is -2.12. The number of para-hydroxylation sites is 1. The largest absolute Gasteiger partial charge is 0.384 e. The number of anilines is 2. The van der Waals surface area contributed by atoms with Gasteiger partial charge in [-0.3, -0.25) is 4.79 Å². The molecule has 2 aromatic carbocycles. The maximum atomic E-state index is 12.4. The Bertz CT molecular complexity index is 646. The molecule has 0 aliphatic carbocycles. The lowest BCUT2D eigenvalue weighted by atomic mass is 10.1. The van der Waals surface area contributed by atoms with Crippen molar-refractivity contribution in [1.82, 2.24) is 0 Å². The average Bonchev–Trinajstić information content (AvgIpc) is 2.49. The van der Waals surface area contributed by atoms with Crippen molar-refractivity contribution in [1.29, 1.82) is 0 Å². The number of nitrogens with one attached hydrogen (secondary N) is 2. The van der Waals surface area contributed by atoms with Gasteiger partial charge in [-0.25, -0.2) is 0 Å². The van der Waals surface area contributed by atoms with Gasteiger partial charge in [-0.2, -0.15) is 0 Å². The third-order valence-electron chi connectivity index (χ3n) is 2.91. The van der Waals surface area contributed by atoms with Crippen LogP contribution in [0.3, 0.4) is 0 Å². The molecule has 0 atom stereocenters. The van der Waals surface area contributed by atoms with Crippen molar-refractivity contribution >= 4 is 44.8 Å². The number of carbonyl (C=O) groups excluding carboxylic acids is 1. The Labute approximate surface area is 137 Å². The van der Waals surface area contributed by atoms with Crippen LogP contribution in [0.4, 0.5) is 11.4 Å². The van der Waals surface area contributed by atoms with E-state index in [1.807, 2.05) is 18.2 Å². The van der Waals surface area contributed by atoms with Crippen molar-refractivity contribution in [2.75, 3.05) is 17.2 Å². The molecule has 0 heterocycles. The molecule has 0 bridgehead atoms. The average molecular weight is 368 g/mol. The molecule has 2 N–H and O–H groups in total. The van der Waals surface area contributed by atoms with E-state index in [1.165, 1.54) is 0 Å². The van der Waals surface area contributed by atoms with Gasteiger partial charge in [0, 0.05) is 22.4 Å². The molecule has 0 fully saturated rings. The molecule has 3 nitrogen and oxygen atoms in total. The minimum absolute atomic E-state index is 0.160. The van der Waals surface area contributed by atoms with Crippen LogP contribution in [0.2, 0.25) is 5.02 Å². The molecule has 0 aromatic heterocycles. The minimum Gasteiger partial charge on any atom is -0.384 e. The molecule has 2 rings (SSSR count). The molecule has 0 aliphatic heterocycles. The highest BCUT2D eigenvalue weighted by molar-refractivity contribution is 9.10. The molecule has 1 amide bonds. The van der Waals surface area contributed by atoms with E-state index in [0.29, 0.717) is 16.3 Å². The summed E-state index contributed by atoms with van der Waals surface area (Å²) in [6.45, 7) is 2.91. The molecular weight excluding hydrogens is 352 g/mol. The third kappa shape index (κ3) is 4.22. The van der Waals surface area contributed by atoms with Crippen molar-refractivity contribution in [3.63, 3.8) is 0 Å². The maximum Gasteiger partial charge on any atom is 0.257 e. The van der Waals surface area contributed by atoms with Crippen molar-refractivity contribution < 1.29 is 4.79 Å². The molecule has 0 aliphatic rings. The fourth-order valence-corrected chi connectivity index (χ4v) is 2.29. The molecular formula is C16H16BrClN2O. The number of hydrogen-bond acceptors (Lipinski definition) is 2. The molecule has 0 radical (unpaired) electrons. The number of benzene rings is 2. The van der Waals surface area contributed by atoms with Crippen LogP contribution in [0.25, 0.3) is 0 Å². The Morgan fingerprint density at radius 2 is 2.00 bits per heavy atom. The van der Waals surface area contributed by atoms with E-state index in [0.717, 1.165) is 23.1 Å². The highest BCUT2D eigenvalue weighted by atomic mass is 79.9. The first-order valence-electron chi connectivity index (χ1n) is 6.71. The molecule has 2 aromatic rings. The summed E-state index contributed by atoms with van der Waals surface area (Å²) in [6.07, 6.45) is 0.998. The second-order valence-corrected chi connectivity index (χ2v) is 5.82. The summed E-state index contributed by atoms with van der Waals surface area (Å²) in [5.74, 6) is -0.160. The lowest BCUT2D eigenvalue weighted by Crippen LogP contribution is -2.15. The van der Waals surface area contributed by atoms with Crippen molar-refractivity contribution in [3.05, 3.63) is 57.5 Å². The zero-order valence-corrected chi connectivity index (χ0v) is 14.0. The minimum atomic E-state index is -0.160. The molecule has 5 heteroatoms. The SMILES string of the molecule is CCCNc1ccccc1C(=O)Nc1ccc(Br)c(Cl)c1. The van der Waals surface area contributed by atoms with E-state index in [-0.39, 0.29) is 5.91 Å². The molecule has 110 valence electrons. The maximum absolute atomic E-state index is 12.4. The Morgan fingerprint density at radius 3 is 2.71 bits per heavy atom. The van der Waals surface area contributed by atoms with Crippen molar-refractivity contribution in [3.8, 4) is 0 Å². The predicted molar refractivity (Wildman–Crippen MR) is 92.3 cm³/mol. The summed E-state index contributed by atoms with van der Waals surface area (Å²) < 4.78 is 0.798. The highest BCUT2D eigenvalue weighted by Gasteiger charge is 2.11. The van der Waals surface area contributed by atoms with Gasteiger partial charge in [0.25, 0.3) is 5.91 Å². The van der Waals surface area contributed by atoms with E-state index in [2.05, 4.69) is 33.5 Å². The Kier molecular flexibility index (Phi) is 5.65. The summed E-state index contributed by atoms with van der Waals surface area (Å²) in [4.78, 5) is 12.4. The van der Waals surface area contributed by atoms with Gasteiger partial charge in [0.05, 0.1) is 10.6 Å². The standard InChI is InChI=1S/C16H16BrClN2O/c1-2-9-19-15-6-4-3-5-12(15)16(21)20-11-7-8-13(17)14(18)10-11/h3-8,10,19H,2,9H2,1H3,(H,20,21). The molecule has 0 saturated heterocycles. The van der Waals surface area contributed by atoms with E-state index in [9.17, 15) is 4.79 Å². The Balaban J connectivity index is 2.18. The lowest BCUT2D eigenvalue weighted by molar-refractivity contribution is 0.102. The van der Waals surface area contributed by atoms with Crippen LogP contribution in [0.1, 0.15) is 23.7 Å². The fourth-order valence-electron chi connectivity index (χ4n) is 1.87. The number of halogens is 2. The van der Waals surface area contributed by atoms with Crippen LogP contribution in [-0.2, 0) is 0 Å². The molecule has 0 unspecified atom stereocenters. The van der Waals surface area contributed by atoms with Gasteiger partial charge in [0.2, 0.25) is 0 Å². The van der Waals surface area contributed by atoms with E-state index in [1.54, 1.807) is 24.3 Å². The monoisotopic (exact) mass is 366 g/mol. The molecule has 0 spiro atoms. The summed E-state index contributed by atoms with van der Waals surface area (Å²) in [5, 5.41) is 6.67. The fraction of sp³-hybridized carbons (Fsp3) is 0.188. The number of hydrogen-bond donors (Lipinski definition) is 2. The van der Waals surface area contributed by atoms with Crippen LogP contribution in [0.15, 0.2) is 46.9 Å². The van der Waals surface area contributed by atoms with Gasteiger partial charge >= 0.3 is 0 Å². The van der Waals surface area contributed by atoms with Crippen molar-refractivity contribution in [2.45, 2.75) is 13.3 Å². The van der Waals surface area contributed by atoms with Crippen LogP contribution < -0.4 is 10.6 Å². The van der Waals surface area contributed by atoms with Gasteiger partial charge in [-0.15, -0.1) is 0 Å². The quantitative estimate of drug-likeness (QED) is 0.765. The normalized spacial score (nSPS) is 10.2. The topological polar surface area (TPSA) is 41.1 Å². The predicted octanol–water partition coefficient (Wildman–Crippen LogP) is 5.18.